The molecule has 2 heterocycles. The van der Waals surface area contributed by atoms with E-state index < -0.39 is 11.6 Å². The number of amides is 1. The molecule has 0 saturated heterocycles. The summed E-state index contributed by atoms with van der Waals surface area (Å²) in [6.45, 7) is 0. The van der Waals surface area contributed by atoms with Crippen molar-refractivity contribution in [2.75, 3.05) is 5.32 Å². The summed E-state index contributed by atoms with van der Waals surface area (Å²) in [5.74, 6) is -1.69. The summed E-state index contributed by atoms with van der Waals surface area (Å²) in [6, 6.07) is 12.1. The molecule has 2 aromatic carbocycles. The lowest BCUT2D eigenvalue weighted by atomic mass is 10.1. The fourth-order valence-electron chi connectivity index (χ4n) is 2.62. The summed E-state index contributed by atoms with van der Waals surface area (Å²) in [6.07, 6.45) is 0. The Bertz CT molecular complexity index is 1090. The Morgan fingerprint density at radius 1 is 1.04 bits per heavy atom. The molecule has 0 aliphatic rings. The van der Waals surface area contributed by atoms with Gasteiger partial charge in [0.25, 0.3) is 5.91 Å². The Balaban J connectivity index is 1.78. The molecule has 26 heavy (non-hydrogen) atoms. The topological polar surface area (TPSA) is 54.9 Å². The van der Waals surface area contributed by atoms with Crippen molar-refractivity contribution in [2.24, 2.45) is 0 Å². The van der Waals surface area contributed by atoms with Crippen molar-refractivity contribution >= 4 is 33.8 Å². The number of anilines is 1. The van der Waals surface area contributed by atoms with Gasteiger partial charge in [0.05, 0.1) is 22.4 Å². The lowest BCUT2D eigenvalue weighted by Crippen LogP contribution is -2.12. The van der Waals surface area contributed by atoms with Gasteiger partial charge in [0.2, 0.25) is 0 Å². The number of nitrogens with one attached hydrogen (secondary N) is 1. The first-order chi connectivity index (χ1) is 12.6. The van der Waals surface area contributed by atoms with Crippen LogP contribution < -0.4 is 5.32 Å². The summed E-state index contributed by atoms with van der Waals surface area (Å²) in [7, 11) is 0. The molecule has 4 aromatic rings. The van der Waals surface area contributed by atoms with Gasteiger partial charge < -0.3 is 5.32 Å². The molecule has 128 valence electrons. The number of nitrogens with zero attached hydrogens (tertiary/aromatic N) is 2. The van der Waals surface area contributed by atoms with Crippen LogP contribution in [0.25, 0.3) is 22.2 Å². The SMILES string of the molecule is O=C(Nc1cccc2ccc(-c3cc(F)cc(F)c3)nc12)c1cscn1. The number of carbonyl (C=O) groups excluding carboxylic acids is 1. The van der Waals surface area contributed by atoms with E-state index >= 15 is 0 Å². The highest BCUT2D eigenvalue weighted by Gasteiger charge is 2.12. The van der Waals surface area contributed by atoms with Gasteiger partial charge >= 0.3 is 0 Å². The molecule has 0 radical (unpaired) electrons. The maximum absolute atomic E-state index is 13.5. The molecule has 0 spiro atoms. The largest absolute Gasteiger partial charge is 0.319 e. The average Bonchev–Trinajstić information content (AvgIpc) is 3.15. The van der Waals surface area contributed by atoms with Crippen LogP contribution in [0.5, 0.6) is 0 Å². The number of hydrogen-bond donors (Lipinski definition) is 1. The van der Waals surface area contributed by atoms with E-state index in [0.717, 1.165) is 11.5 Å². The molecule has 1 N–H and O–H groups in total. The van der Waals surface area contributed by atoms with E-state index in [2.05, 4.69) is 15.3 Å². The number of benzene rings is 2. The quantitative estimate of drug-likeness (QED) is 0.561. The number of para-hydroxylation sites is 1. The monoisotopic (exact) mass is 367 g/mol. The summed E-state index contributed by atoms with van der Waals surface area (Å²) in [5.41, 5.74) is 3.65. The van der Waals surface area contributed by atoms with Gasteiger partial charge in [-0.05, 0) is 24.3 Å². The molecule has 1 amide bonds. The zero-order valence-electron chi connectivity index (χ0n) is 13.2. The van der Waals surface area contributed by atoms with Crippen LogP contribution in [-0.2, 0) is 0 Å². The highest BCUT2D eigenvalue weighted by molar-refractivity contribution is 7.07. The van der Waals surface area contributed by atoms with Gasteiger partial charge in [0, 0.05) is 22.4 Å². The van der Waals surface area contributed by atoms with Crippen molar-refractivity contribution in [3.63, 3.8) is 0 Å². The molecule has 4 rings (SSSR count). The Morgan fingerprint density at radius 3 is 2.58 bits per heavy atom. The number of thiazole rings is 1. The van der Waals surface area contributed by atoms with Crippen molar-refractivity contribution in [3.8, 4) is 11.3 Å². The van der Waals surface area contributed by atoms with Crippen molar-refractivity contribution in [2.45, 2.75) is 0 Å². The number of rotatable bonds is 3. The minimum absolute atomic E-state index is 0.315. The zero-order chi connectivity index (χ0) is 18.1. The molecule has 0 unspecified atom stereocenters. The molecule has 0 aliphatic carbocycles. The fourth-order valence-corrected chi connectivity index (χ4v) is 3.15. The Labute approximate surface area is 151 Å². The Morgan fingerprint density at radius 2 is 1.85 bits per heavy atom. The fraction of sp³-hybridized carbons (Fsp3) is 0. The van der Waals surface area contributed by atoms with Gasteiger partial charge in [-0.25, -0.2) is 18.7 Å². The number of fused-ring (bicyclic) bond motifs is 1. The first-order valence-electron chi connectivity index (χ1n) is 7.66. The van der Waals surface area contributed by atoms with Crippen molar-refractivity contribution in [3.05, 3.63) is 76.7 Å². The number of aromatic nitrogens is 2. The standard InChI is InChI=1S/C19H11F2N3OS/c20-13-6-12(7-14(21)8-13)15-5-4-11-2-1-3-16(18(11)23-15)24-19(25)17-9-26-10-22-17/h1-10H,(H,24,25). The van der Waals surface area contributed by atoms with Crippen LogP contribution >= 0.6 is 11.3 Å². The number of pyridine rings is 1. The Kier molecular flexibility index (Phi) is 4.14. The second-order valence-electron chi connectivity index (χ2n) is 5.56. The maximum Gasteiger partial charge on any atom is 0.275 e. The molecule has 0 saturated carbocycles. The van der Waals surface area contributed by atoms with Crippen molar-refractivity contribution in [1.29, 1.82) is 0 Å². The lowest BCUT2D eigenvalue weighted by molar-refractivity contribution is 0.102. The van der Waals surface area contributed by atoms with Crippen LogP contribution in [0.3, 0.4) is 0 Å². The predicted octanol–water partition coefficient (Wildman–Crippen LogP) is 4.89. The second-order valence-corrected chi connectivity index (χ2v) is 6.28. The first kappa shape index (κ1) is 16.3. The lowest BCUT2D eigenvalue weighted by Gasteiger charge is -2.09. The van der Waals surface area contributed by atoms with E-state index in [0.29, 0.717) is 28.2 Å². The smallest absolute Gasteiger partial charge is 0.275 e. The summed E-state index contributed by atoms with van der Waals surface area (Å²) < 4.78 is 27.0. The summed E-state index contributed by atoms with van der Waals surface area (Å²) in [4.78, 5) is 20.7. The molecule has 4 nitrogen and oxygen atoms in total. The average molecular weight is 367 g/mol. The number of carbonyl (C=O) groups is 1. The summed E-state index contributed by atoms with van der Waals surface area (Å²) in [5, 5.41) is 5.22. The van der Waals surface area contributed by atoms with Crippen LogP contribution in [0.4, 0.5) is 14.5 Å². The van der Waals surface area contributed by atoms with Gasteiger partial charge in [-0.2, -0.15) is 0 Å². The van der Waals surface area contributed by atoms with E-state index in [-0.39, 0.29) is 5.91 Å². The molecule has 0 bridgehead atoms. The van der Waals surface area contributed by atoms with Gasteiger partial charge in [0.15, 0.2) is 0 Å². The van der Waals surface area contributed by atoms with Gasteiger partial charge in [-0.3, -0.25) is 4.79 Å². The van der Waals surface area contributed by atoms with Crippen LogP contribution in [-0.4, -0.2) is 15.9 Å². The molecule has 7 heteroatoms. The first-order valence-corrected chi connectivity index (χ1v) is 8.60. The van der Waals surface area contributed by atoms with Crippen molar-refractivity contribution in [1.82, 2.24) is 9.97 Å². The van der Waals surface area contributed by atoms with E-state index in [1.165, 1.54) is 23.5 Å². The molecule has 0 aliphatic heterocycles. The Hall–Kier alpha value is -3.19. The predicted molar refractivity (Wildman–Crippen MR) is 97.2 cm³/mol. The molecule has 0 atom stereocenters. The van der Waals surface area contributed by atoms with Gasteiger partial charge in [-0.15, -0.1) is 11.3 Å². The number of halogens is 2. The molecule has 0 fully saturated rings. The van der Waals surface area contributed by atoms with Crippen LogP contribution in [0.15, 0.2) is 59.4 Å². The highest BCUT2D eigenvalue weighted by Crippen LogP contribution is 2.27. The van der Waals surface area contributed by atoms with Gasteiger partial charge in [0.1, 0.15) is 17.3 Å². The van der Waals surface area contributed by atoms with E-state index in [1.807, 2.05) is 6.07 Å². The van der Waals surface area contributed by atoms with Crippen LogP contribution in [0.2, 0.25) is 0 Å². The molecular weight excluding hydrogens is 356 g/mol. The number of hydrogen-bond acceptors (Lipinski definition) is 4. The summed E-state index contributed by atoms with van der Waals surface area (Å²) >= 11 is 1.33. The third-order valence-electron chi connectivity index (χ3n) is 3.79. The maximum atomic E-state index is 13.5. The minimum Gasteiger partial charge on any atom is -0.319 e. The second kappa shape index (κ2) is 6.61. The van der Waals surface area contributed by atoms with E-state index in [1.54, 1.807) is 35.2 Å². The van der Waals surface area contributed by atoms with Gasteiger partial charge in [-0.1, -0.05) is 18.2 Å². The zero-order valence-corrected chi connectivity index (χ0v) is 14.1. The molecule has 2 aromatic heterocycles. The third kappa shape index (κ3) is 3.16. The normalized spacial score (nSPS) is 10.8. The van der Waals surface area contributed by atoms with Crippen molar-refractivity contribution < 1.29 is 13.6 Å². The van der Waals surface area contributed by atoms with E-state index in [9.17, 15) is 13.6 Å². The minimum atomic E-state index is -0.674. The van der Waals surface area contributed by atoms with E-state index in [4.69, 9.17) is 0 Å². The third-order valence-corrected chi connectivity index (χ3v) is 4.38. The molecular formula is C19H11F2N3OS. The highest BCUT2D eigenvalue weighted by atomic mass is 32.1. The van der Waals surface area contributed by atoms with Crippen LogP contribution in [0, 0.1) is 11.6 Å². The van der Waals surface area contributed by atoms with Crippen LogP contribution in [0.1, 0.15) is 10.5 Å².